The minimum absolute atomic E-state index is 1.16. The summed E-state index contributed by atoms with van der Waals surface area (Å²) in [4.78, 5) is 1.41. The fourth-order valence-electron chi connectivity index (χ4n) is 1.16. The molecule has 0 fully saturated rings. The molecule has 0 aliphatic carbocycles. The summed E-state index contributed by atoms with van der Waals surface area (Å²) in [5.74, 6) is 0. The lowest BCUT2D eigenvalue weighted by molar-refractivity contribution is 1.60. The monoisotopic (exact) mass is 352 g/mol. The van der Waals surface area contributed by atoms with Crippen LogP contribution in [0.5, 0.6) is 0 Å². The highest BCUT2D eigenvalue weighted by Gasteiger charge is 2.05. The Morgan fingerprint density at radius 2 is 2.17 bits per heavy atom. The number of thiophene rings is 1. The van der Waals surface area contributed by atoms with Crippen LogP contribution in [-0.4, -0.2) is 0 Å². The number of fused-ring (bicyclic) bond motifs is 1. The van der Waals surface area contributed by atoms with E-state index < -0.39 is 0 Å². The molecule has 0 bridgehead atoms. The molecule has 0 atom stereocenters. The van der Waals surface area contributed by atoms with Crippen LogP contribution in [0.2, 0.25) is 0 Å². The number of halogens is 2. The zero-order chi connectivity index (χ0) is 8.72. The Kier molecular flexibility index (Phi) is 2.44. The lowest BCUT2D eigenvalue weighted by atomic mass is 10.2. The maximum Gasteiger partial charge on any atom is 0.0357 e. The molecule has 0 spiro atoms. The third-order valence-electron chi connectivity index (χ3n) is 1.75. The molecular formula is C9H6BrIS. The van der Waals surface area contributed by atoms with Crippen LogP contribution in [0.3, 0.4) is 0 Å². The van der Waals surface area contributed by atoms with E-state index >= 15 is 0 Å². The first-order valence-corrected chi connectivity index (χ1v) is 6.21. The summed E-state index contributed by atoms with van der Waals surface area (Å²) in [5.41, 5.74) is 0. The van der Waals surface area contributed by atoms with Crippen molar-refractivity contribution < 1.29 is 0 Å². The first-order chi connectivity index (χ1) is 5.68. The summed E-state index contributed by atoms with van der Waals surface area (Å²) < 4.78 is 3.92. The summed E-state index contributed by atoms with van der Waals surface area (Å²) >= 11 is 7.74. The molecule has 1 aromatic heterocycles. The van der Waals surface area contributed by atoms with Gasteiger partial charge in [0.15, 0.2) is 0 Å². The molecule has 2 aromatic rings. The van der Waals surface area contributed by atoms with E-state index in [0.717, 1.165) is 4.47 Å². The molecule has 62 valence electrons. The Labute approximate surface area is 97.2 Å². The molecule has 0 amide bonds. The second-order valence-corrected chi connectivity index (χ2v) is 5.86. The minimum Gasteiger partial charge on any atom is -0.139 e. The van der Waals surface area contributed by atoms with E-state index in [2.05, 4.69) is 63.6 Å². The highest BCUT2D eigenvalue weighted by atomic mass is 127. The lowest BCUT2D eigenvalue weighted by Gasteiger charge is -1.91. The van der Waals surface area contributed by atoms with Crippen molar-refractivity contribution in [3.63, 3.8) is 0 Å². The average molecular weight is 353 g/mol. The van der Waals surface area contributed by atoms with Gasteiger partial charge in [-0.1, -0.05) is 15.9 Å². The van der Waals surface area contributed by atoms with Crippen molar-refractivity contribution in [2.24, 2.45) is 0 Å². The predicted octanol–water partition coefficient (Wildman–Crippen LogP) is 4.58. The van der Waals surface area contributed by atoms with Crippen molar-refractivity contribution in [1.82, 2.24) is 0 Å². The van der Waals surface area contributed by atoms with Gasteiger partial charge in [0.2, 0.25) is 0 Å². The summed E-state index contributed by atoms with van der Waals surface area (Å²) in [6, 6.07) is 6.44. The lowest BCUT2D eigenvalue weighted by Crippen LogP contribution is -1.69. The SMILES string of the molecule is Cc1sc2ccc(Br)cc2c1I. The predicted molar refractivity (Wildman–Crippen MR) is 67.0 cm³/mol. The van der Waals surface area contributed by atoms with Gasteiger partial charge in [0.05, 0.1) is 0 Å². The molecule has 1 heterocycles. The van der Waals surface area contributed by atoms with Gasteiger partial charge in [0.1, 0.15) is 0 Å². The zero-order valence-electron chi connectivity index (χ0n) is 6.40. The van der Waals surface area contributed by atoms with Gasteiger partial charge in [0.25, 0.3) is 0 Å². The van der Waals surface area contributed by atoms with Gasteiger partial charge in [-0.15, -0.1) is 11.3 Å². The third-order valence-corrected chi connectivity index (χ3v) is 5.09. The Hall–Kier alpha value is 0.390. The number of rotatable bonds is 0. The highest BCUT2D eigenvalue weighted by molar-refractivity contribution is 14.1. The van der Waals surface area contributed by atoms with Crippen LogP contribution in [0.1, 0.15) is 4.88 Å². The summed E-state index contributed by atoms with van der Waals surface area (Å²) in [6.07, 6.45) is 0. The molecule has 0 saturated carbocycles. The van der Waals surface area contributed by atoms with Crippen LogP contribution in [0.4, 0.5) is 0 Å². The Morgan fingerprint density at radius 3 is 2.92 bits per heavy atom. The van der Waals surface area contributed by atoms with E-state index in [1.165, 1.54) is 18.5 Å². The van der Waals surface area contributed by atoms with E-state index in [4.69, 9.17) is 0 Å². The van der Waals surface area contributed by atoms with Crippen molar-refractivity contribution >= 4 is 59.9 Å². The van der Waals surface area contributed by atoms with Crippen LogP contribution >= 0.6 is 49.9 Å². The summed E-state index contributed by atoms with van der Waals surface area (Å²) in [6.45, 7) is 2.17. The van der Waals surface area contributed by atoms with E-state index in [-0.39, 0.29) is 0 Å². The van der Waals surface area contributed by atoms with Crippen LogP contribution in [-0.2, 0) is 0 Å². The first kappa shape index (κ1) is 8.97. The molecule has 0 aliphatic heterocycles. The zero-order valence-corrected chi connectivity index (χ0v) is 11.0. The molecule has 0 saturated heterocycles. The smallest absolute Gasteiger partial charge is 0.0357 e. The third kappa shape index (κ3) is 1.42. The van der Waals surface area contributed by atoms with Gasteiger partial charge in [0, 0.05) is 23.0 Å². The molecule has 12 heavy (non-hydrogen) atoms. The Balaban J connectivity index is 2.88. The average Bonchev–Trinajstić information content (AvgIpc) is 2.31. The fraction of sp³-hybridized carbons (Fsp3) is 0.111. The van der Waals surface area contributed by atoms with Crippen LogP contribution in [0.15, 0.2) is 22.7 Å². The van der Waals surface area contributed by atoms with Gasteiger partial charge in [-0.3, -0.25) is 0 Å². The van der Waals surface area contributed by atoms with Crippen molar-refractivity contribution in [2.75, 3.05) is 0 Å². The van der Waals surface area contributed by atoms with Crippen molar-refractivity contribution in [2.45, 2.75) is 6.92 Å². The van der Waals surface area contributed by atoms with Gasteiger partial charge < -0.3 is 0 Å². The summed E-state index contributed by atoms with van der Waals surface area (Å²) in [5, 5.41) is 1.37. The molecular weight excluding hydrogens is 347 g/mol. The molecule has 0 radical (unpaired) electrons. The van der Waals surface area contributed by atoms with Crippen molar-refractivity contribution in [3.05, 3.63) is 31.1 Å². The number of aryl methyl sites for hydroxylation is 1. The minimum atomic E-state index is 1.16. The molecule has 0 aliphatic rings. The molecule has 2 rings (SSSR count). The second kappa shape index (κ2) is 3.27. The normalized spacial score (nSPS) is 10.9. The number of hydrogen-bond donors (Lipinski definition) is 0. The molecule has 3 heteroatoms. The molecule has 1 aromatic carbocycles. The van der Waals surface area contributed by atoms with Crippen LogP contribution in [0.25, 0.3) is 10.1 Å². The number of benzene rings is 1. The van der Waals surface area contributed by atoms with E-state index in [0.29, 0.717) is 0 Å². The Morgan fingerprint density at radius 1 is 1.42 bits per heavy atom. The van der Waals surface area contributed by atoms with E-state index in [1.807, 2.05) is 11.3 Å². The van der Waals surface area contributed by atoms with Crippen molar-refractivity contribution in [1.29, 1.82) is 0 Å². The van der Waals surface area contributed by atoms with Crippen LogP contribution in [0, 0.1) is 10.5 Å². The maximum absolute atomic E-state index is 3.48. The summed E-state index contributed by atoms with van der Waals surface area (Å²) in [7, 11) is 0. The fourth-order valence-corrected chi connectivity index (χ4v) is 3.42. The molecule has 0 N–H and O–H groups in total. The highest BCUT2D eigenvalue weighted by Crippen LogP contribution is 2.33. The molecule has 0 unspecified atom stereocenters. The van der Waals surface area contributed by atoms with Gasteiger partial charge in [-0.2, -0.15) is 0 Å². The quantitative estimate of drug-likeness (QED) is 0.609. The maximum atomic E-state index is 3.48. The van der Waals surface area contributed by atoms with Crippen LogP contribution < -0.4 is 0 Å². The van der Waals surface area contributed by atoms with Crippen molar-refractivity contribution in [3.8, 4) is 0 Å². The van der Waals surface area contributed by atoms with Gasteiger partial charge in [-0.25, -0.2) is 0 Å². The van der Waals surface area contributed by atoms with E-state index in [1.54, 1.807) is 0 Å². The molecule has 0 nitrogen and oxygen atoms in total. The first-order valence-electron chi connectivity index (χ1n) is 3.52. The van der Waals surface area contributed by atoms with Gasteiger partial charge >= 0.3 is 0 Å². The largest absolute Gasteiger partial charge is 0.139 e. The standard InChI is InChI=1S/C9H6BrIS/c1-5-9(11)7-4-6(10)2-3-8(7)12-5/h2-4H,1H3. The van der Waals surface area contributed by atoms with E-state index in [9.17, 15) is 0 Å². The Bertz CT molecular complexity index is 433. The topological polar surface area (TPSA) is 0 Å². The number of hydrogen-bond acceptors (Lipinski definition) is 1. The second-order valence-electron chi connectivity index (χ2n) is 2.61. The van der Waals surface area contributed by atoms with Gasteiger partial charge in [-0.05, 0) is 47.7 Å².